The van der Waals surface area contributed by atoms with Crippen molar-refractivity contribution in [1.29, 1.82) is 0 Å². The van der Waals surface area contributed by atoms with Crippen LogP contribution in [0.15, 0.2) is 72.8 Å². The molecule has 13 heteroatoms. The van der Waals surface area contributed by atoms with Crippen LogP contribution in [0.2, 0.25) is 0 Å². The van der Waals surface area contributed by atoms with E-state index in [0.717, 1.165) is 27.7 Å². The van der Waals surface area contributed by atoms with Crippen molar-refractivity contribution < 1.29 is 33.6 Å². The van der Waals surface area contributed by atoms with Crippen LogP contribution in [0, 0.1) is 28.9 Å². The zero-order valence-corrected chi connectivity index (χ0v) is 26.4. The molecule has 0 aromatic heterocycles. The van der Waals surface area contributed by atoms with Crippen molar-refractivity contribution in [3.8, 4) is 5.75 Å². The molecule has 226 valence electrons. The quantitative estimate of drug-likeness (QED) is 0.0580. The lowest BCUT2D eigenvalue weighted by atomic mass is 9.81. The number of nitrogens with zero attached hydrogens (tertiary/aromatic N) is 3. The summed E-state index contributed by atoms with van der Waals surface area (Å²) in [5.41, 5.74) is 1.18. The summed E-state index contributed by atoms with van der Waals surface area (Å²) in [4.78, 5) is 77.1. The minimum atomic E-state index is -0.844. The van der Waals surface area contributed by atoms with E-state index in [0.29, 0.717) is 18.4 Å². The molecule has 0 unspecified atom stereocenters. The van der Waals surface area contributed by atoms with Crippen LogP contribution in [0.25, 0.3) is 0 Å². The van der Waals surface area contributed by atoms with Gasteiger partial charge in [0.25, 0.3) is 23.4 Å². The highest BCUT2D eigenvalue weighted by molar-refractivity contribution is 9.12. The number of hydrogen-bond acceptors (Lipinski definition) is 8. The predicted molar refractivity (Wildman–Crippen MR) is 165 cm³/mol. The molecule has 1 aliphatic carbocycles. The van der Waals surface area contributed by atoms with Gasteiger partial charge in [0.2, 0.25) is 0 Å². The molecule has 11 nitrogen and oxygen atoms in total. The second-order valence-electron chi connectivity index (χ2n) is 10.6. The van der Waals surface area contributed by atoms with Gasteiger partial charge in [-0.25, -0.2) is 9.80 Å². The molecular formula is C31H25Br2N3O8. The third-order valence-electron chi connectivity index (χ3n) is 7.66. The van der Waals surface area contributed by atoms with Gasteiger partial charge in [0.05, 0.1) is 22.3 Å². The van der Waals surface area contributed by atoms with Crippen LogP contribution in [0.5, 0.6) is 5.75 Å². The van der Waals surface area contributed by atoms with Gasteiger partial charge in [-0.1, -0.05) is 49.6 Å². The molecule has 2 aliphatic rings. The maximum absolute atomic E-state index is 13.7. The third-order valence-corrected chi connectivity index (χ3v) is 10.4. The third kappa shape index (κ3) is 6.34. The number of carbonyl (C=O) groups is 5. The lowest BCUT2D eigenvalue weighted by Gasteiger charge is -2.30. The Morgan fingerprint density at radius 2 is 1.34 bits per heavy atom. The summed E-state index contributed by atoms with van der Waals surface area (Å²) in [5, 5.41) is 12.7. The number of aryl methyl sites for hydroxylation is 1. The van der Waals surface area contributed by atoms with Crippen molar-refractivity contribution in [3.05, 3.63) is 105 Å². The molecule has 0 spiro atoms. The van der Waals surface area contributed by atoms with Crippen molar-refractivity contribution in [2.45, 2.75) is 29.4 Å². The monoisotopic (exact) mass is 725 g/mol. The van der Waals surface area contributed by atoms with Gasteiger partial charge in [-0.05, 0) is 68.3 Å². The number of rotatable bonds is 8. The fraction of sp³-hybridized carbons (Fsp3) is 0.258. The largest absolute Gasteiger partial charge is 0.423 e. The normalized spacial score (nSPS) is 21.0. The number of carbonyl (C=O) groups excluding carboxylic acids is 5. The number of amides is 3. The summed E-state index contributed by atoms with van der Waals surface area (Å²) < 4.78 is 5.39. The first-order valence-electron chi connectivity index (χ1n) is 13.6. The van der Waals surface area contributed by atoms with E-state index < -0.39 is 52.8 Å². The van der Waals surface area contributed by atoms with Gasteiger partial charge >= 0.3 is 5.97 Å². The Kier molecular flexibility index (Phi) is 9.07. The Bertz CT molecular complexity index is 1620. The van der Waals surface area contributed by atoms with Gasteiger partial charge in [-0.2, -0.15) is 5.01 Å². The predicted octanol–water partition coefficient (Wildman–Crippen LogP) is 5.28. The second kappa shape index (κ2) is 12.8. The minimum Gasteiger partial charge on any atom is -0.423 e. The number of benzene rings is 3. The summed E-state index contributed by atoms with van der Waals surface area (Å²) >= 11 is 7.07. The smallest absolute Gasteiger partial charge is 0.343 e. The molecule has 3 aromatic carbocycles. The molecule has 1 heterocycles. The molecule has 0 radical (unpaired) electrons. The first-order chi connectivity index (χ1) is 20.9. The van der Waals surface area contributed by atoms with Crippen molar-refractivity contribution in [1.82, 2.24) is 10.0 Å². The number of halogens is 2. The summed E-state index contributed by atoms with van der Waals surface area (Å²) in [7, 11) is 0. The number of hydrazine groups is 1. The average molecular weight is 727 g/mol. The molecule has 0 N–H and O–H groups in total. The number of fused-ring (bicyclic) bond motifs is 1. The number of non-ortho nitro benzene ring substituents is 1. The van der Waals surface area contributed by atoms with E-state index in [9.17, 15) is 34.1 Å². The Hall–Kier alpha value is -4.23. The molecule has 1 saturated carbocycles. The molecule has 0 bridgehead atoms. The number of esters is 1. The number of ketones is 1. The van der Waals surface area contributed by atoms with Crippen LogP contribution in [-0.4, -0.2) is 60.6 Å². The lowest BCUT2D eigenvalue weighted by molar-refractivity contribution is -0.384. The summed E-state index contributed by atoms with van der Waals surface area (Å²) in [6.07, 6.45) is 0.718. The average Bonchev–Trinajstić information content (AvgIpc) is 3.24. The van der Waals surface area contributed by atoms with Crippen LogP contribution >= 0.6 is 31.9 Å². The molecule has 2 fully saturated rings. The number of ether oxygens (including phenoxy) is 1. The van der Waals surface area contributed by atoms with Crippen molar-refractivity contribution >= 4 is 67.0 Å². The maximum atomic E-state index is 13.7. The van der Waals surface area contributed by atoms with E-state index in [1.807, 2.05) is 6.92 Å². The number of alkyl halides is 2. The fourth-order valence-corrected chi connectivity index (χ4v) is 6.45. The maximum Gasteiger partial charge on any atom is 0.343 e. The van der Waals surface area contributed by atoms with E-state index in [4.69, 9.17) is 4.74 Å². The van der Waals surface area contributed by atoms with Crippen LogP contribution < -0.4 is 4.74 Å². The molecule has 5 rings (SSSR count). The van der Waals surface area contributed by atoms with Crippen molar-refractivity contribution in [2.24, 2.45) is 11.8 Å². The molecule has 4 atom stereocenters. The number of nitro groups is 1. The molecule has 3 aromatic rings. The SMILES string of the molecule is Cc1ccc(C(=O)Oc2ccc(C(=O)CN(C(=O)c3ccc([N+](=O)[O-])cc3)N3C(=O)[C@@H]4C[C@H](Br)[C@@H](Br)C[C@H]4C3=O)cc2)cc1. The summed E-state index contributed by atoms with van der Waals surface area (Å²) in [5.74, 6) is -4.36. The lowest BCUT2D eigenvalue weighted by Crippen LogP contribution is -2.52. The van der Waals surface area contributed by atoms with Crippen LogP contribution in [0.3, 0.4) is 0 Å². The molecule has 1 saturated heterocycles. The highest BCUT2D eigenvalue weighted by Gasteiger charge is 2.54. The summed E-state index contributed by atoms with van der Waals surface area (Å²) in [6.45, 7) is 1.23. The van der Waals surface area contributed by atoms with Crippen molar-refractivity contribution in [3.63, 3.8) is 0 Å². The van der Waals surface area contributed by atoms with Gasteiger partial charge in [-0.15, -0.1) is 0 Å². The Balaban J connectivity index is 1.39. The number of hydrogen-bond donors (Lipinski definition) is 0. The van der Waals surface area contributed by atoms with Gasteiger partial charge in [0.1, 0.15) is 12.3 Å². The summed E-state index contributed by atoms with van der Waals surface area (Å²) in [6, 6.07) is 17.2. The van der Waals surface area contributed by atoms with Gasteiger partial charge in [0.15, 0.2) is 5.78 Å². The minimum absolute atomic E-state index is 0.0472. The first kappa shape index (κ1) is 31.2. The molecule has 1 aliphatic heterocycles. The van der Waals surface area contributed by atoms with Crippen molar-refractivity contribution in [2.75, 3.05) is 6.54 Å². The first-order valence-corrected chi connectivity index (χ1v) is 15.4. The fourth-order valence-electron chi connectivity index (χ4n) is 5.22. The van der Waals surface area contributed by atoms with Crippen LogP contribution in [-0.2, 0) is 9.59 Å². The Morgan fingerprint density at radius 1 is 0.841 bits per heavy atom. The van der Waals surface area contributed by atoms with E-state index in [1.54, 1.807) is 24.3 Å². The highest BCUT2D eigenvalue weighted by atomic mass is 79.9. The number of Topliss-reactive ketones (excluding diaryl/α,β-unsaturated/α-hetero) is 1. The topological polar surface area (TPSA) is 144 Å². The van der Waals surface area contributed by atoms with Gasteiger partial charge in [-0.3, -0.25) is 29.3 Å². The van der Waals surface area contributed by atoms with Gasteiger partial charge < -0.3 is 4.74 Å². The van der Waals surface area contributed by atoms with E-state index in [-0.39, 0.29) is 32.2 Å². The Labute approximate surface area is 268 Å². The second-order valence-corrected chi connectivity index (χ2v) is 12.9. The van der Waals surface area contributed by atoms with Crippen LogP contribution in [0.4, 0.5) is 5.69 Å². The molecule has 44 heavy (non-hydrogen) atoms. The highest BCUT2D eigenvalue weighted by Crippen LogP contribution is 2.43. The molecular weight excluding hydrogens is 702 g/mol. The zero-order chi connectivity index (χ0) is 31.7. The van der Waals surface area contributed by atoms with E-state index in [2.05, 4.69) is 31.9 Å². The molecule has 3 amide bonds. The standard InChI is InChI=1S/C31H25Br2N3O8/c1-17-2-4-20(5-3-17)31(41)44-22-12-8-18(9-13-22)27(37)16-34(28(38)19-6-10-21(11-7-19)36(42)43)35-29(39)23-14-25(32)26(33)15-24(23)30(35)40/h2-13,23-26H,14-16H2,1H3/t23-,24-,25+,26+/m1/s1. The van der Waals surface area contributed by atoms with Gasteiger partial charge in [0, 0.05) is 32.9 Å². The number of nitro benzene ring substituents is 1. The number of imide groups is 1. The zero-order valence-electron chi connectivity index (χ0n) is 23.2. The van der Waals surface area contributed by atoms with E-state index >= 15 is 0 Å². The van der Waals surface area contributed by atoms with Crippen LogP contribution in [0.1, 0.15) is 49.5 Å². The van der Waals surface area contributed by atoms with E-state index in [1.165, 1.54) is 36.4 Å². The Morgan fingerprint density at radius 3 is 1.86 bits per heavy atom.